The minimum absolute atomic E-state index is 0.159. The van der Waals surface area contributed by atoms with Crippen LogP contribution in [0.25, 0.3) is 0 Å². The predicted molar refractivity (Wildman–Crippen MR) is 81.2 cm³/mol. The molecule has 0 spiro atoms. The van der Waals surface area contributed by atoms with E-state index in [2.05, 4.69) is 10.3 Å². The summed E-state index contributed by atoms with van der Waals surface area (Å²) in [5, 5.41) is 11.8. The van der Waals surface area contributed by atoms with Crippen LogP contribution in [0.3, 0.4) is 0 Å². The molecule has 0 fully saturated rings. The molecule has 0 bridgehead atoms. The number of hydrogen-bond donors (Lipinski definition) is 2. The lowest BCUT2D eigenvalue weighted by atomic mass is 10.2. The average molecular weight is 310 g/mol. The number of nitrogens with zero attached hydrogens (tertiary/aromatic N) is 1. The highest BCUT2D eigenvalue weighted by atomic mass is 32.2. The number of aliphatic hydroxyl groups excluding tert-OH is 1. The summed E-state index contributed by atoms with van der Waals surface area (Å²) in [6.45, 7) is 0.459. The van der Waals surface area contributed by atoms with Gasteiger partial charge in [0.25, 0.3) is 0 Å². The maximum atomic E-state index is 13.1. The summed E-state index contributed by atoms with van der Waals surface area (Å²) < 4.78 is 26.2. The third-order valence-electron chi connectivity index (χ3n) is 2.72. The van der Waals surface area contributed by atoms with E-state index in [9.17, 15) is 8.78 Å². The minimum atomic E-state index is -0.589. The van der Waals surface area contributed by atoms with Gasteiger partial charge in [-0.2, -0.15) is 11.8 Å². The van der Waals surface area contributed by atoms with Gasteiger partial charge in [0.15, 0.2) is 0 Å². The van der Waals surface area contributed by atoms with Gasteiger partial charge >= 0.3 is 0 Å². The molecule has 0 unspecified atom stereocenters. The van der Waals surface area contributed by atoms with Crippen LogP contribution in [-0.4, -0.2) is 22.5 Å². The molecule has 3 nitrogen and oxygen atoms in total. The molecule has 6 heteroatoms. The quantitative estimate of drug-likeness (QED) is 0.771. The Labute approximate surface area is 126 Å². The fourth-order valence-corrected chi connectivity index (χ4v) is 2.51. The Hall–Kier alpha value is -1.66. The highest BCUT2D eigenvalue weighted by Crippen LogP contribution is 2.15. The van der Waals surface area contributed by atoms with Crippen LogP contribution >= 0.6 is 11.8 Å². The summed E-state index contributed by atoms with van der Waals surface area (Å²) in [5.41, 5.74) is 1.60. The summed E-state index contributed by atoms with van der Waals surface area (Å²) in [4.78, 5) is 4.17. The summed E-state index contributed by atoms with van der Waals surface area (Å²) in [5.74, 6) is 0.949. The van der Waals surface area contributed by atoms with E-state index in [-0.39, 0.29) is 6.61 Å². The van der Waals surface area contributed by atoms with E-state index < -0.39 is 11.6 Å². The number of pyridine rings is 1. The molecule has 0 aliphatic rings. The second-order valence-corrected chi connectivity index (χ2v) is 5.56. The molecular weight excluding hydrogens is 294 g/mol. The highest BCUT2D eigenvalue weighted by Gasteiger charge is 2.02. The molecule has 1 aromatic carbocycles. The van der Waals surface area contributed by atoms with Gasteiger partial charge in [0.2, 0.25) is 0 Å². The Morgan fingerprint density at radius 2 is 1.86 bits per heavy atom. The molecule has 2 N–H and O–H groups in total. The first-order valence-corrected chi connectivity index (χ1v) is 7.65. The van der Waals surface area contributed by atoms with Crippen LogP contribution in [0, 0.1) is 11.6 Å². The summed E-state index contributed by atoms with van der Waals surface area (Å²) in [7, 11) is 0. The van der Waals surface area contributed by atoms with Crippen molar-refractivity contribution in [1.82, 2.24) is 4.98 Å². The zero-order chi connectivity index (χ0) is 15.1. The number of rotatable bonds is 7. The lowest BCUT2D eigenvalue weighted by molar-refractivity contribution is 0.322. The fourth-order valence-electron chi connectivity index (χ4n) is 1.82. The number of benzene rings is 1. The maximum Gasteiger partial charge on any atom is 0.126 e. The van der Waals surface area contributed by atoms with Crippen molar-refractivity contribution in [2.45, 2.75) is 12.3 Å². The van der Waals surface area contributed by atoms with E-state index in [0.717, 1.165) is 17.4 Å². The molecule has 2 aromatic rings. The van der Waals surface area contributed by atoms with Crippen molar-refractivity contribution < 1.29 is 13.9 Å². The molecule has 0 atom stereocenters. The Morgan fingerprint density at radius 3 is 2.57 bits per heavy atom. The number of aliphatic hydroxyl groups is 1. The van der Waals surface area contributed by atoms with Gasteiger partial charge in [-0.3, -0.25) is 0 Å². The number of halogens is 2. The number of nitrogens with one attached hydrogen (secondary N) is 1. The van der Waals surface area contributed by atoms with Crippen LogP contribution in [-0.2, 0) is 12.3 Å². The Balaban J connectivity index is 1.94. The van der Waals surface area contributed by atoms with E-state index in [1.165, 1.54) is 12.1 Å². The van der Waals surface area contributed by atoms with Gasteiger partial charge in [-0.15, -0.1) is 0 Å². The molecule has 0 aliphatic heterocycles. The zero-order valence-electron chi connectivity index (χ0n) is 11.4. The number of anilines is 1. The Bertz CT molecular complexity index is 575. The second kappa shape index (κ2) is 7.95. The highest BCUT2D eigenvalue weighted by molar-refractivity contribution is 7.98. The zero-order valence-corrected chi connectivity index (χ0v) is 12.2. The van der Waals surface area contributed by atoms with Crippen LogP contribution in [0.15, 0.2) is 36.5 Å². The average Bonchev–Trinajstić information content (AvgIpc) is 2.45. The van der Waals surface area contributed by atoms with Gasteiger partial charge in [0.1, 0.15) is 17.5 Å². The summed E-state index contributed by atoms with van der Waals surface area (Å²) >= 11 is 1.63. The fraction of sp³-hybridized carbons (Fsp3) is 0.267. The van der Waals surface area contributed by atoms with E-state index in [4.69, 9.17) is 5.11 Å². The molecule has 112 valence electrons. The maximum absolute atomic E-state index is 13.1. The van der Waals surface area contributed by atoms with Gasteiger partial charge < -0.3 is 10.4 Å². The lowest BCUT2D eigenvalue weighted by Crippen LogP contribution is -2.02. The number of thioether (sulfide) groups is 1. The predicted octanol–water partition coefficient (Wildman–Crippen LogP) is 3.20. The minimum Gasteiger partial charge on any atom is -0.396 e. The van der Waals surface area contributed by atoms with Crippen molar-refractivity contribution in [1.29, 1.82) is 0 Å². The smallest absolute Gasteiger partial charge is 0.126 e. The van der Waals surface area contributed by atoms with E-state index in [1.807, 2.05) is 12.1 Å². The molecule has 0 amide bonds. The first kappa shape index (κ1) is 15.7. The number of aromatic nitrogens is 1. The lowest BCUT2D eigenvalue weighted by Gasteiger charge is -2.08. The van der Waals surface area contributed by atoms with Crippen molar-refractivity contribution in [3.05, 3.63) is 59.3 Å². The Morgan fingerprint density at radius 1 is 1.10 bits per heavy atom. The van der Waals surface area contributed by atoms with E-state index in [1.54, 1.807) is 18.0 Å². The Kier molecular flexibility index (Phi) is 5.95. The molecule has 21 heavy (non-hydrogen) atoms. The summed E-state index contributed by atoms with van der Waals surface area (Å²) in [6.07, 6.45) is 1.68. The van der Waals surface area contributed by atoms with Crippen LogP contribution < -0.4 is 5.32 Å². The second-order valence-electron chi connectivity index (χ2n) is 4.46. The van der Waals surface area contributed by atoms with Gasteiger partial charge in [0, 0.05) is 30.3 Å². The molecule has 1 aromatic heterocycles. The van der Waals surface area contributed by atoms with Crippen molar-refractivity contribution in [2.24, 2.45) is 0 Å². The van der Waals surface area contributed by atoms with Crippen LogP contribution in [0.1, 0.15) is 11.1 Å². The SMILES string of the molecule is OCCSCc1ccnc(NCc2cc(F)cc(F)c2)c1. The first-order chi connectivity index (χ1) is 10.2. The van der Waals surface area contributed by atoms with Crippen molar-refractivity contribution in [3.8, 4) is 0 Å². The molecule has 0 radical (unpaired) electrons. The van der Waals surface area contributed by atoms with Gasteiger partial charge in [-0.1, -0.05) is 0 Å². The van der Waals surface area contributed by atoms with E-state index in [0.29, 0.717) is 23.7 Å². The van der Waals surface area contributed by atoms with Crippen molar-refractivity contribution in [2.75, 3.05) is 17.7 Å². The summed E-state index contributed by atoms with van der Waals surface area (Å²) in [6, 6.07) is 7.21. The van der Waals surface area contributed by atoms with Gasteiger partial charge in [-0.05, 0) is 35.4 Å². The van der Waals surface area contributed by atoms with Crippen molar-refractivity contribution in [3.63, 3.8) is 0 Å². The largest absolute Gasteiger partial charge is 0.396 e. The van der Waals surface area contributed by atoms with Crippen molar-refractivity contribution >= 4 is 17.6 Å². The first-order valence-electron chi connectivity index (χ1n) is 6.50. The molecule has 2 rings (SSSR count). The third kappa shape index (κ3) is 5.32. The molecule has 0 saturated carbocycles. The molecule has 0 saturated heterocycles. The van der Waals surface area contributed by atoms with Crippen LogP contribution in [0.2, 0.25) is 0 Å². The third-order valence-corrected chi connectivity index (χ3v) is 3.73. The van der Waals surface area contributed by atoms with Gasteiger partial charge in [0.05, 0.1) is 6.61 Å². The number of hydrogen-bond acceptors (Lipinski definition) is 4. The van der Waals surface area contributed by atoms with Crippen LogP contribution in [0.5, 0.6) is 0 Å². The topological polar surface area (TPSA) is 45.2 Å². The standard InChI is InChI=1S/C15H16F2N2OS/c16-13-5-12(6-14(17)8-13)9-19-15-7-11(1-2-18-15)10-21-4-3-20/h1-2,5-8,20H,3-4,9-10H2,(H,18,19). The van der Waals surface area contributed by atoms with E-state index >= 15 is 0 Å². The molecular formula is C15H16F2N2OS. The monoisotopic (exact) mass is 310 g/mol. The van der Waals surface area contributed by atoms with Gasteiger partial charge in [-0.25, -0.2) is 13.8 Å². The molecule has 1 heterocycles. The molecule has 0 aliphatic carbocycles. The normalized spacial score (nSPS) is 10.6. The van der Waals surface area contributed by atoms with Crippen LogP contribution in [0.4, 0.5) is 14.6 Å².